The first kappa shape index (κ1) is 18.2. The molecule has 138 valence electrons. The third-order valence-electron chi connectivity index (χ3n) is 5.51. The number of carbonyl (C=O) groups is 1. The Hall–Kier alpha value is -1.55. The highest BCUT2D eigenvalue weighted by atomic mass is 16.5. The minimum atomic E-state index is -0.0993. The molecule has 3 atom stereocenters. The third kappa shape index (κ3) is 4.75. The maximum atomic E-state index is 12.4. The predicted octanol–water partition coefficient (Wildman–Crippen LogP) is 4.20. The largest absolute Gasteiger partial charge is 0.374 e. The Morgan fingerprint density at radius 2 is 2.12 bits per heavy atom. The van der Waals surface area contributed by atoms with E-state index in [1.165, 1.54) is 31.2 Å². The summed E-state index contributed by atoms with van der Waals surface area (Å²) in [4.78, 5) is 14.4. The Balaban J connectivity index is 1.54. The number of ether oxygens (including phenoxy) is 1. The van der Waals surface area contributed by atoms with E-state index >= 15 is 0 Å². The second-order valence-electron chi connectivity index (χ2n) is 8.02. The van der Waals surface area contributed by atoms with E-state index in [2.05, 4.69) is 38.2 Å². The van der Waals surface area contributed by atoms with E-state index in [4.69, 9.17) is 4.74 Å². The molecule has 0 unspecified atom stereocenters. The van der Waals surface area contributed by atoms with Gasteiger partial charge in [0.2, 0.25) is 5.91 Å². The normalized spacial score (nSPS) is 27.1. The van der Waals surface area contributed by atoms with Gasteiger partial charge in [-0.05, 0) is 56.7 Å². The highest BCUT2D eigenvalue weighted by Gasteiger charge is 2.32. The Morgan fingerprint density at radius 1 is 1.28 bits per heavy atom. The van der Waals surface area contributed by atoms with Crippen molar-refractivity contribution in [3.8, 4) is 0 Å². The number of amides is 1. The highest BCUT2D eigenvalue weighted by Crippen LogP contribution is 2.27. The van der Waals surface area contributed by atoms with Gasteiger partial charge < -0.3 is 15.0 Å². The van der Waals surface area contributed by atoms with Gasteiger partial charge in [-0.2, -0.15) is 0 Å². The Bertz CT molecular complexity index is 587. The minimum Gasteiger partial charge on any atom is -0.374 e. The fourth-order valence-corrected chi connectivity index (χ4v) is 4.04. The summed E-state index contributed by atoms with van der Waals surface area (Å²) >= 11 is 0. The summed E-state index contributed by atoms with van der Waals surface area (Å²) < 4.78 is 6.13. The van der Waals surface area contributed by atoms with Gasteiger partial charge in [-0.1, -0.05) is 31.9 Å². The molecule has 0 aromatic heterocycles. The van der Waals surface area contributed by atoms with Crippen LogP contribution in [0.15, 0.2) is 24.3 Å². The van der Waals surface area contributed by atoms with Crippen molar-refractivity contribution < 1.29 is 9.53 Å². The highest BCUT2D eigenvalue weighted by molar-refractivity contribution is 5.87. The number of anilines is 1. The van der Waals surface area contributed by atoms with Gasteiger partial charge in [0, 0.05) is 18.3 Å². The van der Waals surface area contributed by atoms with Crippen LogP contribution in [0.5, 0.6) is 0 Å². The first-order valence-corrected chi connectivity index (χ1v) is 9.80. The number of nitrogens with zero attached hydrogens (tertiary/aromatic N) is 1. The van der Waals surface area contributed by atoms with Gasteiger partial charge in [-0.3, -0.25) is 4.79 Å². The molecule has 4 nitrogen and oxygen atoms in total. The van der Waals surface area contributed by atoms with Crippen LogP contribution in [0.25, 0.3) is 0 Å². The molecule has 1 aromatic rings. The standard InChI is InChI=1S/C21H32N2O2/c1-15(2)23-11-10-20(21(23)24)22-18-8-5-7-17(13-18)14-25-19-9-4-6-16(3)12-19/h5,7-8,13,15-16,19-20,22H,4,6,9-12,14H2,1-3H3/t16-,19-,20-/m1/s1. The van der Waals surface area contributed by atoms with Crippen molar-refractivity contribution in [1.82, 2.24) is 4.90 Å². The van der Waals surface area contributed by atoms with E-state index in [0.29, 0.717) is 12.7 Å². The number of hydrogen-bond acceptors (Lipinski definition) is 3. The lowest BCUT2D eigenvalue weighted by atomic mass is 9.89. The molecular formula is C21H32N2O2. The van der Waals surface area contributed by atoms with E-state index in [0.717, 1.165) is 24.6 Å². The van der Waals surface area contributed by atoms with Crippen LogP contribution in [0, 0.1) is 5.92 Å². The Morgan fingerprint density at radius 3 is 2.84 bits per heavy atom. The number of rotatable bonds is 6. The molecule has 0 spiro atoms. The molecule has 0 bridgehead atoms. The van der Waals surface area contributed by atoms with Gasteiger partial charge in [0.15, 0.2) is 0 Å². The van der Waals surface area contributed by atoms with Gasteiger partial charge in [0.1, 0.15) is 6.04 Å². The van der Waals surface area contributed by atoms with Crippen LogP contribution in [-0.4, -0.2) is 35.5 Å². The maximum Gasteiger partial charge on any atom is 0.245 e. The Labute approximate surface area is 151 Å². The summed E-state index contributed by atoms with van der Waals surface area (Å²) in [5.74, 6) is 0.997. The van der Waals surface area contributed by atoms with Crippen LogP contribution in [0.1, 0.15) is 58.4 Å². The zero-order chi connectivity index (χ0) is 17.8. The lowest BCUT2D eigenvalue weighted by molar-refractivity contribution is -0.129. The lowest BCUT2D eigenvalue weighted by Crippen LogP contribution is -2.37. The molecule has 1 aliphatic carbocycles. The van der Waals surface area contributed by atoms with E-state index in [-0.39, 0.29) is 18.0 Å². The zero-order valence-corrected chi connectivity index (χ0v) is 15.8. The van der Waals surface area contributed by atoms with E-state index in [1.807, 2.05) is 17.0 Å². The summed E-state index contributed by atoms with van der Waals surface area (Å²) in [6.07, 6.45) is 6.25. The molecule has 2 fully saturated rings. The summed E-state index contributed by atoms with van der Waals surface area (Å²) in [5.41, 5.74) is 2.19. The van der Waals surface area contributed by atoms with Crippen LogP contribution in [-0.2, 0) is 16.1 Å². The van der Waals surface area contributed by atoms with Crippen molar-refractivity contribution >= 4 is 11.6 Å². The lowest BCUT2D eigenvalue weighted by Gasteiger charge is -2.27. The molecule has 1 saturated carbocycles. The number of nitrogens with one attached hydrogen (secondary N) is 1. The summed E-state index contributed by atoms with van der Waals surface area (Å²) in [5, 5.41) is 3.41. The smallest absolute Gasteiger partial charge is 0.245 e. The van der Waals surface area contributed by atoms with Crippen molar-refractivity contribution in [2.75, 3.05) is 11.9 Å². The first-order valence-electron chi connectivity index (χ1n) is 9.80. The van der Waals surface area contributed by atoms with E-state index in [1.54, 1.807) is 0 Å². The van der Waals surface area contributed by atoms with E-state index < -0.39 is 0 Å². The number of carbonyl (C=O) groups excluding carboxylic acids is 1. The van der Waals surface area contributed by atoms with Crippen molar-refractivity contribution in [1.29, 1.82) is 0 Å². The van der Waals surface area contributed by atoms with Gasteiger partial charge in [0.25, 0.3) is 0 Å². The second kappa shape index (κ2) is 8.22. The van der Waals surface area contributed by atoms with Crippen molar-refractivity contribution in [3.63, 3.8) is 0 Å². The monoisotopic (exact) mass is 344 g/mol. The minimum absolute atomic E-state index is 0.0993. The molecule has 1 amide bonds. The van der Waals surface area contributed by atoms with Crippen LogP contribution in [0.3, 0.4) is 0 Å². The molecule has 1 aliphatic heterocycles. The average molecular weight is 344 g/mol. The average Bonchev–Trinajstić information content (AvgIpc) is 2.94. The maximum absolute atomic E-state index is 12.4. The number of benzene rings is 1. The van der Waals surface area contributed by atoms with Crippen molar-refractivity contribution in [3.05, 3.63) is 29.8 Å². The van der Waals surface area contributed by atoms with Crippen molar-refractivity contribution in [2.45, 2.75) is 77.7 Å². The fraction of sp³-hybridized carbons (Fsp3) is 0.667. The Kier molecular flexibility index (Phi) is 6.00. The van der Waals surface area contributed by atoms with Crippen LogP contribution in [0.2, 0.25) is 0 Å². The van der Waals surface area contributed by atoms with Gasteiger partial charge >= 0.3 is 0 Å². The van der Waals surface area contributed by atoms with Crippen LogP contribution < -0.4 is 5.32 Å². The topological polar surface area (TPSA) is 41.6 Å². The summed E-state index contributed by atoms with van der Waals surface area (Å²) in [6, 6.07) is 8.49. The van der Waals surface area contributed by atoms with Gasteiger partial charge in [-0.15, -0.1) is 0 Å². The summed E-state index contributed by atoms with van der Waals surface area (Å²) in [7, 11) is 0. The fourth-order valence-electron chi connectivity index (χ4n) is 4.04. The van der Waals surface area contributed by atoms with Crippen LogP contribution >= 0.6 is 0 Å². The molecule has 1 saturated heterocycles. The second-order valence-corrected chi connectivity index (χ2v) is 8.02. The molecule has 0 radical (unpaired) electrons. The predicted molar refractivity (Wildman–Crippen MR) is 102 cm³/mol. The molecule has 1 heterocycles. The number of hydrogen-bond donors (Lipinski definition) is 1. The molecule has 1 N–H and O–H groups in total. The third-order valence-corrected chi connectivity index (χ3v) is 5.51. The van der Waals surface area contributed by atoms with Gasteiger partial charge in [-0.25, -0.2) is 0 Å². The molecule has 25 heavy (non-hydrogen) atoms. The van der Waals surface area contributed by atoms with E-state index in [9.17, 15) is 4.79 Å². The SMILES string of the molecule is CC(C)N1CC[C@@H](Nc2cccc(CO[C@@H]3CCC[C@@H](C)C3)c2)C1=O. The molecule has 4 heteroatoms. The van der Waals surface area contributed by atoms with Gasteiger partial charge in [0.05, 0.1) is 12.7 Å². The van der Waals surface area contributed by atoms with Crippen molar-refractivity contribution in [2.24, 2.45) is 5.92 Å². The quantitative estimate of drug-likeness (QED) is 0.841. The molecular weight excluding hydrogens is 312 g/mol. The van der Waals surface area contributed by atoms with Crippen LogP contribution in [0.4, 0.5) is 5.69 Å². The zero-order valence-electron chi connectivity index (χ0n) is 15.8. The molecule has 2 aliphatic rings. The molecule has 3 rings (SSSR count). The number of likely N-dealkylation sites (tertiary alicyclic amines) is 1. The molecule has 1 aromatic carbocycles. The summed E-state index contributed by atoms with van der Waals surface area (Å²) in [6.45, 7) is 7.97. The first-order chi connectivity index (χ1) is 12.0.